The van der Waals surface area contributed by atoms with Crippen LogP contribution < -0.4 is 16.2 Å². The van der Waals surface area contributed by atoms with Crippen LogP contribution in [0.15, 0.2) is 71.3 Å². The fourth-order valence-corrected chi connectivity index (χ4v) is 10.4. The largest absolute Gasteiger partial charge is 0.508 e. The average molecular weight is 732 g/mol. The van der Waals surface area contributed by atoms with Crippen LogP contribution in [0, 0.1) is 41.4 Å². The molecule has 5 aliphatic rings. The summed E-state index contributed by atoms with van der Waals surface area (Å²) in [5.41, 5.74) is 17.1. The summed E-state index contributed by atoms with van der Waals surface area (Å²) in [6, 6.07) is 9.33. The van der Waals surface area contributed by atoms with Gasteiger partial charge in [-0.3, -0.25) is 4.79 Å². The summed E-state index contributed by atoms with van der Waals surface area (Å²) in [6.07, 6.45) is 19.3. The maximum atomic E-state index is 13.2. The predicted octanol–water partition coefficient (Wildman–Crippen LogP) is 7.96. The summed E-state index contributed by atoms with van der Waals surface area (Å²) in [4.78, 5) is 18.0. The van der Waals surface area contributed by atoms with Gasteiger partial charge in [-0.15, -0.1) is 0 Å². The molecule has 0 radical (unpaired) electrons. The number of aromatic hydroxyl groups is 2. The number of phenolic OH excluding ortho intramolecular Hbond substituents is 2. The molecule has 9 atom stereocenters. The van der Waals surface area contributed by atoms with Gasteiger partial charge in [-0.2, -0.15) is 0 Å². The molecule has 0 aliphatic heterocycles. The van der Waals surface area contributed by atoms with E-state index in [1.54, 1.807) is 19.3 Å². The van der Waals surface area contributed by atoms with Crippen molar-refractivity contribution in [2.75, 3.05) is 7.11 Å². The number of benzene rings is 2. The summed E-state index contributed by atoms with van der Waals surface area (Å²) in [5.74, 6) is 8.17. The molecule has 54 heavy (non-hydrogen) atoms. The molecule has 0 aromatic heterocycles. The van der Waals surface area contributed by atoms with Gasteiger partial charge >= 0.3 is 0 Å². The number of carbonyl (C=O) groups excluding carboxylic acids is 1. The monoisotopic (exact) mass is 731 g/mol. The van der Waals surface area contributed by atoms with Gasteiger partial charge in [-0.25, -0.2) is 4.99 Å². The molecule has 2 saturated carbocycles. The Balaban J connectivity index is 1.48. The van der Waals surface area contributed by atoms with Crippen LogP contribution in [-0.2, 0) is 16.0 Å². The first-order chi connectivity index (χ1) is 26.2. The van der Waals surface area contributed by atoms with Crippen molar-refractivity contribution in [1.29, 1.82) is 0 Å². The lowest BCUT2D eigenvalue weighted by Crippen LogP contribution is -2.49. The van der Waals surface area contributed by atoms with Gasteiger partial charge < -0.3 is 31.2 Å². The van der Waals surface area contributed by atoms with Gasteiger partial charge in [0, 0.05) is 54.7 Å². The molecule has 5 aliphatic carbocycles. The second-order valence-corrected chi connectivity index (χ2v) is 16.3. The first-order valence-corrected chi connectivity index (χ1v) is 20.2. The molecule has 8 nitrogen and oxygen atoms in total. The molecule has 6 N–H and O–H groups in total. The molecule has 0 heterocycles. The number of unbranched alkanes of at least 4 members (excludes halogenated alkanes) is 1. The zero-order chi connectivity index (χ0) is 37.9. The Kier molecular flexibility index (Phi) is 11.5. The van der Waals surface area contributed by atoms with Crippen LogP contribution in [0.25, 0.3) is 0 Å². The highest BCUT2D eigenvalue weighted by Gasteiger charge is 2.53. The number of allylic oxidation sites excluding steroid dienone is 4. The van der Waals surface area contributed by atoms with Gasteiger partial charge in [0.2, 0.25) is 0 Å². The summed E-state index contributed by atoms with van der Waals surface area (Å²) in [5, 5.41) is 23.4. The molecule has 286 valence electrons. The predicted molar refractivity (Wildman–Crippen MR) is 213 cm³/mol. The van der Waals surface area contributed by atoms with Gasteiger partial charge in [0.25, 0.3) is 0 Å². The molecule has 8 heteroatoms. The van der Waals surface area contributed by atoms with Crippen molar-refractivity contribution in [1.82, 2.24) is 0 Å². The Labute approximate surface area is 320 Å². The van der Waals surface area contributed by atoms with Crippen molar-refractivity contribution in [2.45, 2.75) is 115 Å². The van der Waals surface area contributed by atoms with E-state index in [1.807, 2.05) is 24.3 Å². The summed E-state index contributed by atoms with van der Waals surface area (Å²) in [7, 11) is 1.77. The third-order valence-corrected chi connectivity index (χ3v) is 12.7. The van der Waals surface area contributed by atoms with E-state index in [1.165, 1.54) is 5.57 Å². The van der Waals surface area contributed by atoms with Gasteiger partial charge in [0.1, 0.15) is 5.75 Å². The number of methoxy groups -OCH3 is 1. The van der Waals surface area contributed by atoms with Crippen LogP contribution in [0.5, 0.6) is 17.2 Å². The Morgan fingerprint density at radius 3 is 2.65 bits per heavy atom. The van der Waals surface area contributed by atoms with E-state index in [9.17, 15) is 15.0 Å². The van der Waals surface area contributed by atoms with Crippen molar-refractivity contribution in [3.8, 4) is 29.1 Å². The average Bonchev–Trinajstić information content (AvgIpc) is 3.66. The fourth-order valence-electron chi connectivity index (χ4n) is 10.4. The van der Waals surface area contributed by atoms with Crippen molar-refractivity contribution >= 4 is 11.7 Å². The SMILES string of the molecule is CCCC=CC(=O)CCc1cc(OC2CCCC2)c(O)c2c1C#CC[C@@H](N=C(N)N)[C@@H]1C=C[C@@H](OC)[C@@H]3[C@@H]1C=C1[C@H](c4cccc(O)c4)C[C@@H](C)C[C@H]1[C@H]23. The summed E-state index contributed by atoms with van der Waals surface area (Å²) >= 11 is 0. The quantitative estimate of drug-likeness (QED) is 0.0605. The summed E-state index contributed by atoms with van der Waals surface area (Å²) < 4.78 is 13.1. The normalized spacial score (nSPS) is 30.1. The van der Waals surface area contributed by atoms with Crippen LogP contribution in [0.1, 0.15) is 112 Å². The topological polar surface area (TPSA) is 140 Å². The lowest BCUT2D eigenvalue weighted by molar-refractivity contribution is -0.114. The number of phenols is 2. The second kappa shape index (κ2) is 16.5. The molecule has 7 rings (SSSR count). The minimum absolute atomic E-state index is 0.0273. The van der Waals surface area contributed by atoms with Crippen LogP contribution in [0.3, 0.4) is 0 Å². The number of fused-ring (bicyclic) bond motifs is 4. The third-order valence-electron chi connectivity index (χ3n) is 12.7. The number of ether oxygens (including phenoxy) is 2. The Bertz CT molecular complexity index is 1890. The molecule has 2 aromatic carbocycles. The highest BCUT2D eigenvalue weighted by Crippen LogP contribution is 2.61. The van der Waals surface area contributed by atoms with Gasteiger partial charge in [-0.05, 0) is 105 Å². The number of hydrogen-bond donors (Lipinski definition) is 4. The van der Waals surface area contributed by atoms with Crippen LogP contribution in [0.4, 0.5) is 0 Å². The lowest BCUT2D eigenvalue weighted by Gasteiger charge is -2.53. The zero-order valence-corrected chi connectivity index (χ0v) is 32.0. The molecular formula is C46H57N3O5. The molecule has 2 aromatic rings. The maximum Gasteiger partial charge on any atom is 0.186 e. The number of nitrogens with zero attached hydrogens (tertiary/aromatic N) is 1. The van der Waals surface area contributed by atoms with E-state index in [0.717, 1.165) is 73.6 Å². The highest BCUT2D eigenvalue weighted by atomic mass is 16.5. The van der Waals surface area contributed by atoms with Gasteiger partial charge in [0.15, 0.2) is 23.2 Å². The number of carbonyl (C=O) groups is 1. The maximum absolute atomic E-state index is 13.2. The molecule has 2 fully saturated rings. The van der Waals surface area contributed by atoms with Gasteiger partial charge in [-0.1, -0.05) is 74.1 Å². The van der Waals surface area contributed by atoms with Crippen LogP contribution in [0.2, 0.25) is 0 Å². The third kappa shape index (κ3) is 7.71. The number of guanidine groups is 1. The molecule has 0 amide bonds. The van der Waals surface area contributed by atoms with E-state index in [2.05, 4.69) is 50.0 Å². The second-order valence-electron chi connectivity index (χ2n) is 16.3. The Morgan fingerprint density at radius 2 is 1.91 bits per heavy atom. The number of hydrogen-bond acceptors (Lipinski definition) is 6. The first kappa shape index (κ1) is 37.8. The van der Waals surface area contributed by atoms with Crippen molar-refractivity contribution < 1.29 is 24.5 Å². The molecule has 0 unspecified atom stereocenters. The molecule has 4 bridgehead atoms. The van der Waals surface area contributed by atoms with Crippen LogP contribution in [-0.4, -0.2) is 47.3 Å². The smallest absolute Gasteiger partial charge is 0.186 e. The van der Waals surface area contributed by atoms with E-state index in [4.69, 9.17) is 25.9 Å². The summed E-state index contributed by atoms with van der Waals surface area (Å²) in [6.45, 7) is 4.42. The lowest BCUT2D eigenvalue weighted by atomic mass is 9.51. The Hall–Kier alpha value is -4.48. The number of nitrogens with two attached hydrogens (primary N) is 2. The van der Waals surface area contributed by atoms with E-state index in [0.29, 0.717) is 30.9 Å². The van der Waals surface area contributed by atoms with Gasteiger partial charge in [0.05, 0.1) is 18.2 Å². The van der Waals surface area contributed by atoms with Crippen molar-refractivity contribution in [2.24, 2.45) is 46.0 Å². The number of rotatable bonds is 11. The highest BCUT2D eigenvalue weighted by molar-refractivity contribution is 5.89. The molecule has 0 saturated heterocycles. The number of aryl methyl sites for hydroxylation is 1. The zero-order valence-electron chi connectivity index (χ0n) is 32.0. The van der Waals surface area contributed by atoms with E-state index in [-0.39, 0.29) is 77.0 Å². The van der Waals surface area contributed by atoms with Crippen LogP contribution >= 0.6 is 0 Å². The molecule has 0 spiro atoms. The number of ketones is 1. The van der Waals surface area contributed by atoms with E-state index < -0.39 is 0 Å². The minimum Gasteiger partial charge on any atom is -0.508 e. The van der Waals surface area contributed by atoms with Crippen molar-refractivity contribution in [3.05, 3.63) is 88.5 Å². The first-order valence-electron chi connectivity index (χ1n) is 20.2. The standard InChI is InChI=1S/C46H57N3O5/c1-4-5-6-12-30(50)19-18-29-25-41(54-32-14-7-8-15-32)45(52)44-33(29)16-10-17-39(49-46(47)48)34-20-21-40(53-3)42-38(34)26-36-35(28-11-9-13-31(51)24-28)22-27(2)23-37(36)43(42)44/h6,9,11-13,20-21,24-27,32,34-35,37-40,42-43,51-52H,4-5,7-8,14-15,17-19,22-23H2,1-3H3,(H4,47,48,49)/t27-,34-,35+,37-,38-,39-,40-,42+,43+/m1/s1. The van der Waals surface area contributed by atoms with Crippen molar-refractivity contribution in [3.63, 3.8) is 0 Å². The Morgan fingerprint density at radius 1 is 1.09 bits per heavy atom. The minimum atomic E-state index is -0.298. The molecular weight excluding hydrogens is 675 g/mol. The number of aliphatic imine (C=N–C) groups is 1. The fraction of sp³-hybridized carbons (Fsp3) is 0.522. The van der Waals surface area contributed by atoms with E-state index >= 15 is 0 Å².